The SMILES string of the molecule is CC(c1ccc(C(=O)O)cc1)n1c(=O)c2cc(C(=O)OCc3ccccc3)sc2n(C)c1=O. The molecular weight excluding hydrogens is 444 g/mol. The van der Waals surface area contributed by atoms with Gasteiger partial charge in [0.1, 0.15) is 16.3 Å². The van der Waals surface area contributed by atoms with E-state index in [1.807, 2.05) is 30.3 Å². The van der Waals surface area contributed by atoms with Gasteiger partial charge in [-0.2, -0.15) is 0 Å². The number of aryl methyl sites for hydroxylation is 1. The van der Waals surface area contributed by atoms with Crippen LogP contribution in [0.5, 0.6) is 0 Å². The number of thiophene rings is 1. The molecule has 168 valence electrons. The lowest BCUT2D eigenvalue weighted by molar-refractivity contribution is 0.0478. The first-order valence-electron chi connectivity index (χ1n) is 10.1. The minimum absolute atomic E-state index is 0.0977. The first kappa shape index (κ1) is 22.2. The normalized spacial score (nSPS) is 11.9. The summed E-state index contributed by atoms with van der Waals surface area (Å²) in [6, 6.07) is 16.0. The zero-order chi connectivity index (χ0) is 23.7. The molecule has 0 saturated carbocycles. The second kappa shape index (κ2) is 8.87. The van der Waals surface area contributed by atoms with Gasteiger partial charge in [-0.25, -0.2) is 14.4 Å². The molecule has 4 aromatic rings. The molecular formula is C24H20N2O6S. The van der Waals surface area contributed by atoms with Gasteiger partial charge in [0.25, 0.3) is 5.56 Å². The van der Waals surface area contributed by atoms with E-state index in [1.165, 1.54) is 29.8 Å². The smallest absolute Gasteiger partial charge is 0.348 e. The molecule has 2 heterocycles. The van der Waals surface area contributed by atoms with Crippen LogP contribution in [0, 0.1) is 0 Å². The standard InChI is InChI=1S/C24H20N2O6S/c1-14(16-8-10-17(11-9-16)22(28)29)26-20(27)18-12-19(33-21(18)25(2)24(26)31)23(30)32-13-15-6-4-3-5-7-15/h3-12,14H,13H2,1-2H3,(H,28,29). The fourth-order valence-corrected chi connectivity index (χ4v) is 4.54. The molecule has 0 radical (unpaired) electrons. The number of ether oxygens (including phenoxy) is 1. The summed E-state index contributed by atoms with van der Waals surface area (Å²) in [7, 11) is 1.54. The van der Waals surface area contributed by atoms with Crippen molar-refractivity contribution >= 4 is 33.5 Å². The van der Waals surface area contributed by atoms with Gasteiger partial charge in [-0.3, -0.25) is 13.9 Å². The number of aromatic carboxylic acids is 1. The highest BCUT2D eigenvalue weighted by atomic mass is 32.1. The molecule has 1 atom stereocenters. The summed E-state index contributed by atoms with van der Waals surface area (Å²) in [6.07, 6.45) is 0. The average molecular weight is 464 g/mol. The van der Waals surface area contributed by atoms with E-state index in [0.717, 1.165) is 21.5 Å². The summed E-state index contributed by atoms with van der Waals surface area (Å²) in [5.74, 6) is -1.63. The van der Waals surface area contributed by atoms with Crippen molar-refractivity contribution < 1.29 is 19.4 Å². The Morgan fingerprint density at radius 2 is 1.73 bits per heavy atom. The molecule has 4 rings (SSSR count). The molecule has 0 fully saturated rings. The van der Waals surface area contributed by atoms with Crippen LogP contribution >= 0.6 is 11.3 Å². The Morgan fingerprint density at radius 3 is 2.36 bits per heavy atom. The van der Waals surface area contributed by atoms with Gasteiger partial charge < -0.3 is 9.84 Å². The number of benzene rings is 2. The van der Waals surface area contributed by atoms with Crippen LogP contribution in [0.4, 0.5) is 0 Å². The van der Waals surface area contributed by atoms with Crippen LogP contribution in [0.25, 0.3) is 10.2 Å². The summed E-state index contributed by atoms with van der Waals surface area (Å²) < 4.78 is 7.79. The number of carbonyl (C=O) groups is 2. The quantitative estimate of drug-likeness (QED) is 0.438. The van der Waals surface area contributed by atoms with Gasteiger partial charge in [-0.1, -0.05) is 42.5 Å². The lowest BCUT2D eigenvalue weighted by Gasteiger charge is -2.16. The summed E-state index contributed by atoms with van der Waals surface area (Å²) in [4.78, 5) is 50.5. The topological polar surface area (TPSA) is 108 Å². The van der Waals surface area contributed by atoms with E-state index in [2.05, 4.69) is 0 Å². The van der Waals surface area contributed by atoms with Gasteiger partial charge in [-0.05, 0) is 36.2 Å². The largest absolute Gasteiger partial charge is 0.478 e. The van der Waals surface area contributed by atoms with Crippen molar-refractivity contribution in [3.8, 4) is 0 Å². The van der Waals surface area contributed by atoms with Crippen molar-refractivity contribution in [1.82, 2.24) is 9.13 Å². The van der Waals surface area contributed by atoms with Gasteiger partial charge in [0.05, 0.1) is 17.0 Å². The second-order valence-corrected chi connectivity index (χ2v) is 8.54. The highest BCUT2D eigenvalue weighted by Gasteiger charge is 2.22. The number of carboxylic acids is 1. The van der Waals surface area contributed by atoms with E-state index in [4.69, 9.17) is 9.84 Å². The van der Waals surface area contributed by atoms with Gasteiger partial charge in [0.15, 0.2) is 0 Å². The van der Waals surface area contributed by atoms with Gasteiger partial charge in [0.2, 0.25) is 0 Å². The lowest BCUT2D eigenvalue weighted by atomic mass is 10.1. The van der Waals surface area contributed by atoms with Crippen molar-refractivity contribution in [2.45, 2.75) is 19.6 Å². The fourth-order valence-electron chi connectivity index (χ4n) is 3.54. The number of nitrogens with zero attached hydrogens (tertiary/aromatic N) is 2. The number of carboxylic acid groups (broad SMARTS) is 1. The predicted molar refractivity (Wildman–Crippen MR) is 124 cm³/mol. The van der Waals surface area contributed by atoms with Crippen molar-refractivity contribution in [2.75, 3.05) is 0 Å². The molecule has 0 bridgehead atoms. The Kier molecular flexibility index (Phi) is 5.97. The Morgan fingerprint density at radius 1 is 1.06 bits per heavy atom. The van der Waals surface area contributed by atoms with E-state index >= 15 is 0 Å². The summed E-state index contributed by atoms with van der Waals surface area (Å²) in [5, 5.41) is 9.32. The minimum Gasteiger partial charge on any atom is -0.478 e. The minimum atomic E-state index is -1.06. The molecule has 0 aliphatic heterocycles. The lowest BCUT2D eigenvalue weighted by Crippen LogP contribution is -2.40. The highest BCUT2D eigenvalue weighted by Crippen LogP contribution is 2.24. The molecule has 1 unspecified atom stereocenters. The van der Waals surface area contributed by atoms with Crippen LogP contribution in [0.3, 0.4) is 0 Å². The van der Waals surface area contributed by atoms with Gasteiger partial charge in [0, 0.05) is 7.05 Å². The molecule has 33 heavy (non-hydrogen) atoms. The molecule has 0 aliphatic rings. The molecule has 0 amide bonds. The molecule has 2 aromatic heterocycles. The zero-order valence-electron chi connectivity index (χ0n) is 17.8. The maximum atomic E-state index is 13.2. The number of hydrogen-bond donors (Lipinski definition) is 1. The van der Waals surface area contributed by atoms with Crippen LogP contribution in [0.1, 0.15) is 44.1 Å². The number of rotatable bonds is 6. The maximum absolute atomic E-state index is 13.2. The Hall–Kier alpha value is -3.98. The first-order chi connectivity index (χ1) is 15.8. The zero-order valence-corrected chi connectivity index (χ0v) is 18.7. The Balaban J connectivity index is 1.69. The highest BCUT2D eigenvalue weighted by molar-refractivity contribution is 7.20. The van der Waals surface area contributed by atoms with Crippen LogP contribution in [-0.2, 0) is 18.4 Å². The number of carbonyl (C=O) groups excluding carboxylic acids is 1. The molecule has 0 saturated heterocycles. The monoisotopic (exact) mass is 464 g/mol. The maximum Gasteiger partial charge on any atom is 0.348 e. The van der Waals surface area contributed by atoms with Gasteiger partial charge in [-0.15, -0.1) is 11.3 Å². The average Bonchev–Trinajstić information content (AvgIpc) is 3.28. The first-order valence-corrected chi connectivity index (χ1v) is 10.9. The van der Waals surface area contributed by atoms with E-state index in [9.17, 15) is 19.2 Å². The van der Waals surface area contributed by atoms with Gasteiger partial charge >= 0.3 is 17.6 Å². The summed E-state index contributed by atoms with van der Waals surface area (Å²) >= 11 is 1.03. The third-order valence-corrected chi connectivity index (χ3v) is 6.59. The van der Waals surface area contributed by atoms with Crippen LogP contribution < -0.4 is 11.2 Å². The molecule has 0 aliphatic carbocycles. The van der Waals surface area contributed by atoms with Crippen molar-refractivity contribution in [3.05, 3.63) is 103 Å². The van der Waals surface area contributed by atoms with E-state index in [-0.39, 0.29) is 22.4 Å². The molecule has 9 heteroatoms. The van der Waals surface area contributed by atoms with E-state index < -0.39 is 29.2 Å². The molecule has 2 aromatic carbocycles. The second-order valence-electron chi connectivity index (χ2n) is 7.51. The number of fused-ring (bicyclic) bond motifs is 1. The Labute approximate surface area is 191 Å². The van der Waals surface area contributed by atoms with Crippen molar-refractivity contribution in [1.29, 1.82) is 0 Å². The van der Waals surface area contributed by atoms with Crippen LogP contribution in [0.15, 0.2) is 70.3 Å². The van der Waals surface area contributed by atoms with E-state index in [1.54, 1.807) is 19.1 Å². The third kappa shape index (κ3) is 4.22. The molecule has 1 N–H and O–H groups in total. The summed E-state index contributed by atoms with van der Waals surface area (Å²) in [5.41, 5.74) is 0.494. The third-order valence-electron chi connectivity index (χ3n) is 5.40. The molecule has 8 nitrogen and oxygen atoms in total. The van der Waals surface area contributed by atoms with E-state index in [0.29, 0.717) is 10.4 Å². The number of hydrogen-bond acceptors (Lipinski definition) is 6. The predicted octanol–water partition coefficient (Wildman–Crippen LogP) is 3.43. The van der Waals surface area contributed by atoms with Crippen molar-refractivity contribution in [3.63, 3.8) is 0 Å². The molecule has 0 spiro atoms. The van der Waals surface area contributed by atoms with Crippen LogP contribution in [0.2, 0.25) is 0 Å². The summed E-state index contributed by atoms with van der Waals surface area (Å²) in [6.45, 7) is 1.78. The fraction of sp³-hybridized carbons (Fsp3) is 0.167. The Bertz CT molecular complexity index is 1470. The van der Waals surface area contributed by atoms with Crippen molar-refractivity contribution in [2.24, 2.45) is 7.05 Å². The number of esters is 1. The number of aromatic nitrogens is 2. The van der Waals surface area contributed by atoms with Crippen LogP contribution in [-0.4, -0.2) is 26.2 Å².